The van der Waals surface area contributed by atoms with Crippen LogP contribution < -0.4 is 20.6 Å². The maximum absolute atomic E-state index is 2.71. The zero-order chi connectivity index (χ0) is 36.4. The molecule has 0 saturated carbocycles. The topological polar surface area (TPSA) is 11.4 Å². The Bertz CT molecular complexity index is 3160. The third kappa shape index (κ3) is 4.27. The molecule has 0 saturated heterocycles. The molecular weight excluding hydrogens is 685 g/mol. The Balaban J connectivity index is 1.29. The van der Waals surface area contributed by atoms with Crippen molar-refractivity contribution in [3.63, 3.8) is 0 Å². The van der Waals surface area contributed by atoms with Crippen molar-refractivity contribution in [1.82, 2.24) is 4.57 Å². The van der Waals surface area contributed by atoms with Crippen molar-refractivity contribution < 1.29 is 0 Å². The van der Waals surface area contributed by atoms with Gasteiger partial charge in [0.2, 0.25) is 0 Å². The molecule has 258 valence electrons. The molecule has 55 heavy (non-hydrogen) atoms. The zero-order valence-electron chi connectivity index (χ0n) is 30.5. The van der Waals surface area contributed by atoms with Gasteiger partial charge in [0, 0.05) is 70.6 Å². The molecular formula is C50H34BN3S. The monoisotopic (exact) mass is 719 g/mol. The number of nitrogens with zero attached hydrogens (tertiary/aromatic N) is 3. The van der Waals surface area contributed by atoms with E-state index in [2.05, 4.69) is 198 Å². The predicted octanol–water partition coefficient (Wildman–Crippen LogP) is 12.5. The maximum atomic E-state index is 2.71. The third-order valence-electron chi connectivity index (χ3n) is 11.9. The number of benzene rings is 8. The molecule has 4 heterocycles. The average molecular weight is 720 g/mol. The molecule has 8 aromatic carbocycles. The van der Waals surface area contributed by atoms with Gasteiger partial charge in [-0.1, -0.05) is 115 Å². The molecule has 12 rings (SSSR count). The molecule has 2 aliphatic heterocycles. The molecule has 5 heteroatoms. The Morgan fingerprint density at radius 3 is 2.02 bits per heavy atom. The first-order valence-electron chi connectivity index (χ1n) is 19.1. The number of para-hydroxylation sites is 4. The number of thiophene rings is 1. The quantitative estimate of drug-likeness (QED) is 0.168. The van der Waals surface area contributed by atoms with E-state index in [9.17, 15) is 0 Å². The lowest BCUT2D eigenvalue weighted by molar-refractivity contribution is 1.17. The summed E-state index contributed by atoms with van der Waals surface area (Å²) in [6.07, 6.45) is 0. The summed E-state index contributed by atoms with van der Waals surface area (Å²) < 4.78 is 5.20. The number of fused-ring (bicyclic) bond motifs is 11. The summed E-state index contributed by atoms with van der Waals surface area (Å²) in [6, 6.07) is 63.2. The molecule has 3 nitrogen and oxygen atoms in total. The Kier molecular flexibility index (Phi) is 6.44. The molecule has 0 spiro atoms. The molecule has 2 aromatic heterocycles. The highest BCUT2D eigenvalue weighted by Crippen LogP contribution is 2.52. The third-order valence-corrected chi connectivity index (χ3v) is 13.0. The van der Waals surface area contributed by atoms with Crippen LogP contribution in [0.1, 0.15) is 11.1 Å². The van der Waals surface area contributed by atoms with Gasteiger partial charge in [-0.2, -0.15) is 0 Å². The van der Waals surface area contributed by atoms with Gasteiger partial charge in [-0.3, -0.25) is 0 Å². The van der Waals surface area contributed by atoms with Crippen LogP contribution in [-0.2, 0) is 0 Å². The summed E-state index contributed by atoms with van der Waals surface area (Å²) >= 11 is 1.90. The molecule has 0 aliphatic carbocycles. The fraction of sp³-hybridized carbons (Fsp3) is 0.0400. The number of aromatic nitrogens is 1. The van der Waals surface area contributed by atoms with Crippen molar-refractivity contribution in [3.8, 4) is 16.8 Å². The van der Waals surface area contributed by atoms with Crippen LogP contribution in [0.2, 0.25) is 0 Å². The summed E-state index contributed by atoms with van der Waals surface area (Å²) in [6.45, 7) is 4.43. The van der Waals surface area contributed by atoms with E-state index >= 15 is 0 Å². The Labute approximate surface area is 324 Å². The number of aryl methyl sites for hydroxylation is 2. The standard InChI is InChI=1S/C50H34BN3S/c1-31-24-26-42(32(2)28-31)54-50-38(25-27-46-47(50)39-19-10-12-23-45(39)55-46)40-29-35(52(33-14-5-3-6-15-33)34-16-7-4-8-17-34)30-44-48(40)51(54)41-21-13-20-37-36-18-9-11-22-43(36)53(44)49(37)41/h3-30H,1-2H3. The minimum absolute atomic E-state index is 0.0559. The summed E-state index contributed by atoms with van der Waals surface area (Å²) in [5.74, 6) is 0. The van der Waals surface area contributed by atoms with Crippen LogP contribution in [0.15, 0.2) is 170 Å². The number of anilines is 5. The highest BCUT2D eigenvalue weighted by molar-refractivity contribution is 7.26. The molecule has 0 N–H and O–H groups in total. The van der Waals surface area contributed by atoms with Crippen LogP contribution in [0.5, 0.6) is 0 Å². The lowest BCUT2D eigenvalue weighted by atomic mass is 9.43. The first-order valence-corrected chi connectivity index (χ1v) is 19.9. The predicted molar refractivity (Wildman–Crippen MR) is 237 cm³/mol. The van der Waals surface area contributed by atoms with Gasteiger partial charge in [-0.25, -0.2) is 0 Å². The normalized spacial score (nSPS) is 12.8. The summed E-state index contributed by atoms with van der Waals surface area (Å²) in [5.41, 5.74) is 17.5. The fourth-order valence-corrected chi connectivity index (χ4v) is 10.8. The minimum Gasteiger partial charge on any atom is -0.376 e. The van der Waals surface area contributed by atoms with Crippen molar-refractivity contribution >= 4 is 99.5 Å². The van der Waals surface area contributed by atoms with E-state index in [4.69, 9.17) is 0 Å². The molecule has 0 fully saturated rings. The van der Waals surface area contributed by atoms with Gasteiger partial charge in [-0.05, 0) is 96.6 Å². The van der Waals surface area contributed by atoms with Crippen molar-refractivity contribution in [2.75, 3.05) is 9.71 Å². The SMILES string of the molecule is Cc1ccc(N2B3c4c(cc(N(c5ccccc5)c5ccccc5)cc4-n4c5ccccc5c5cccc3c54)-c3ccc4sc5ccccc5c4c32)c(C)c1. The zero-order valence-corrected chi connectivity index (χ0v) is 31.3. The molecule has 2 aliphatic rings. The number of hydrogen-bond acceptors (Lipinski definition) is 3. The molecule has 0 bridgehead atoms. The Morgan fingerprint density at radius 2 is 1.24 bits per heavy atom. The van der Waals surface area contributed by atoms with E-state index in [-0.39, 0.29) is 6.85 Å². The van der Waals surface area contributed by atoms with Crippen molar-refractivity contribution in [2.24, 2.45) is 0 Å². The summed E-state index contributed by atoms with van der Waals surface area (Å²) in [7, 11) is 0. The second-order valence-corrected chi connectivity index (χ2v) is 16.1. The number of rotatable bonds is 4. The lowest BCUT2D eigenvalue weighted by Crippen LogP contribution is -2.60. The smallest absolute Gasteiger partial charge is 0.333 e. The molecule has 0 atom stereocenters. The van der Waals surface area contributed by atoms with Gasteiger partial charge < -0.3 is 14.3 Å². The van der Waals surface area contributed by atoms with Gasteiger partial charge in [0.15, 0.2) is 0 Å². The highest BCUT2D eigenvalue weighted by atomic mass is 32.1. The fourth-order valence-electron chi connectivity index (χ4n) is 9.72. The van der Waals surface area contributed by atoms with Crippen molar-refractivity contribution in [1.29, 1.82) is 0 Å². The van der Waals surface area contributed by atoms with E-state index in [0.29, 0.717) is 0 Å². The van der Waals surface area contributed by atoms with Crippen LogP contribution in [0, 0.1) is 13.8 Å². The van der Waals surface area contributed by atoms with E-state index < -0.39 is 0 Å². The van der Waals surface area contributed by atoms with Crippen LogP contribution in [-0.4, -0.2) is 11.4 Å². The highest BCUT2D eigenvalue weighted by Gasteiger charge is 2.45. The number of hydrogen-bond donors (Lipinski definition) is 0. The van der Waals surface area contributed by atoms with E-state index in [1.165, 1.54) is 92.2 Å². The largest absolute Gasteiger partial charge is 0.376 e. The summed E-state index contributed by atoms with van der Waals surface area (Å²) in [4.78, 5) is 5.13. The first kappa shape index (κ1) is 30.9. The minimum atomic E-state index is -0.0559. The van der Waals surface area contributed by atoms with Crippen molar-refractivity contribution in [3.05, 3.63) is 181 Å². The van der Waals surface area contributed by atoms with Gasteiger partial charge >= 0.3 is 6.85 Å². The van der Waals surface area contributed by atoms with Crippen LogP contribution in [0.4, 0.5) is 28.4 Å². The van der Waals surface area contributed by atoms with Gasteiger partial charge in [0.05, 0.1) is 11.0 Å². The molecule has 10 aromatic rings. The average Bonchev–Trinajstić information content (AvgIpc) is 3.78. The van der Waals surface area contributed by atoms with Crippen LogP contribution >= 0.6 is 11.3 Å². The summed E-state index contributed by atoms with van der Waals surface area (Å²) in [5, 5.41) is 5.21. The lowest BCUT2D eigenvalue weighted by Gasteiger charge is -2.43. The van der Waals surface area contributed by atoms with Gasteiger partial charge in [0.1, 0.15) is 0 Å². The van der Waals surface area contributed by atoms with Crippen LogP contribution in [0.3, 0.4) is 0 Å². The van der Waals surface area contributed by atoms with Gasteiger partial charge in [-0.15, -0.1) is 11.3 Å². The Hall–Kier alpha value is -6.56. The van der Waals surface area contributed by atoms with Crippen molar-refractivity contribution in [2.45, 2.75) is 13.8 Å². The molecule has 0 radical (unpaired) electrons. The first-order chi connectivity index (χ1) is 27.1. The van der Waals surface area contributed by atoms with E-state index in [1.54, 1.807) is 0 Å². The second-order valence-electron chi connectivity index (χ2n) is 15.0. The Morgan fingerprint density at radius 1 is 0.527 bits per heavy atom. The second kappa shape index (κ2) is 11.5. The van der Waals surface area contributed by atoms with E-state index in [0.717, 1.165) is 17.1 Å². The van der Waals surface area contributed by atoms with Gasteiger partial charge in [0.25, 0.3) is 0 Å². The van der Waals surface area contributed by atoms with Crippen LogP contribution in [0.25, 0.3) is 58.8 Å². The molecule has 0 amide bonds. The maximum Gasteiger partial charge on any atom is 0.333 e. The van der Waals surface area contributed by atoms with E-state index in [1.807, 2.05) is 11.3 Å². The molecule has 0 unspecified atom stereocenters.